The number of benzene rings is 2. The Labute approximate surface area is 208 Å². The summed E-state index contributed by atoms with van der Waals surface area (Å²) in [5.41, 5.74) is 2.86. The lowest BCUT2D eigenvalue weighted by Gasteiger charge is -2.39. The molecule has 1 N–H and O–H groups in total. The Bertz CT molecular complexity index is 1260. The number of methoxy groups -OCH3 is 3. The summed E-state index contributed by atoms with van der Waals surface area (Å²) in [6.07, 6.45) is 1.65. The van der Waals surface area contributed by atoms with Crippen LogP contribution in [0.15, 0.2) is 47.1 Å². The summed E-state index contributed by atoms with van der Waals surface area (Å²) in [6.45, 7) is 0.985. The molecule has 0 radical (unpaired) electrons. The number of carbonyl (C=O) groups is 1. The Morgan fingerprint density at radius 3 is 2.31 bits per heavy atom. The van der Waals surface area contributed by atoms with Gasteiger partial charge in [-0.3, -0.25) is 4.79 Å². The predicted molar refractivity (Wildman–Crippen MR) is 127 cm³/mol. The molecule has 1 aliphatic carbocycles. The van der Waals surface area contributed by atoms with E-state index in [1.807, 2.05) is 36.4 Å². The molecule has 0 bridgehead atoms. The zero-order valence-corrected chi connectivity index (χ0v) is 20.2. The van der Waals surface area contributed by atoms with Crippen molar-refractivity contribution in [1.29, 1.82) is 0 Å². The molecule has 9 heteroatoms. The summed E-state index contributed by atoms with van der Waals surface area (Å²) >= 11 is 0. The third kappa shape index (κ3) is 3.53. The van der Waals surface area contributed by atoms with Crippen LogP contribution in [0, 0.1) is 11.8 Å². The maximum Gasteiger partial charge on any atom is 0.310 e. The standard InChI is InChI=1S/C27H27NO8/c1-30-21-7-14(8-22(31-2)26(21)32-3)23-16-9-19-20(36-13-35-19)10-17(16)25(18-12-34-27(29)24(18)23)28-11-15-5-4-6-33-15/h4-10,18,23-25,28H,11-13H2,1-3H3/t18-,23+,24-,25+/m0/s1. The van der Waals surface area contributed by atoms with E-state index in [0.717, 1.165) is 22.5 Å². The molecule has 0 amide bonds. The van der Waals surface area contributed by atoms with Crippen LogP contribution >= 0.6 is 0 Å². The van der Waals surface area contributed by atoms with Crippen LogP contribution in [0.5, 0.6) is 28.7 Å². The molecule has 188 valence electrons. The Hall–Kier alpha value is -3.85. The maximum absolute atomic E-state index is 13.2. The highest BCUT2D eigenvalue weighted by atomic mass is 16.7. The largest absolute Gasteiger partial charge is 0.493 e. The van der Waals surface area contributed by atoms with Gasteiger partial charge in [0.15, 0.2) is 23.0 Å². The second kappa shape index (κ2) is 8.98. The van der Waals surface area contributed by atoms with E-state index in [1.165, 1.54) is 0 Å². The molecule has 3 aromatic rings. The van der Waals surface area contributed by atoms with Gasteiger partial charge >= 0.3 is 5.97 Å². The van der Waals surface area contributed by atoms with Gasteiger partial charge in [-0.1, -0.05) is 0 Å². The van der Waals surface area contributed by atoms with Crippen molar-refractivity contribution < 1.29 is 37.6 Å². The van der Waals surface area contributed by atoms with Crippen LogP contribution in [0.3, 0.4) is 0 Å². The SMILES string of the molecule is COc1cc([C@@H]2c3cc4c(cc3[C@@H](NCc3ccco3)[C@H]3COC(=O)[C@H]23)OCO4)cc(OC)c1OC. The molecule has 0 saturated carbocycles. The van der Waals surface area contributed by atoms with Crippen molar-refractivity contribution in [2.24, 2.45) is 11.8 Å². The average Bonchev–Trinajstić information content (AvgIpc) is 3.66. The van der Waals surface area contributed by atoms with Crippen LogP contribution in [-0.2, 0) is 16.1 Å². The number of furan rings is 1. The third-order valence-corrected chi connectivity index (χ3v) is 7.31. The molecule has 9 nitrogen and oxygen atoms in total. The minimum Gasteiger partial charge on any atom is -0.493 e. The lowest BCUT2D eigenvalue weighted by molar-refractivity contribution is -0.141. The zero-order valence-electron chi connectivity index (χ0n) is 20.2. The highest BCUT2D eigenvalue weighted by molar-refractivity contribution is 5.79. The first-order valence-corrected chi connectivity index (χ1v) is 11.8. The van der Waals surface area contributed by atoms with Crippen LogP contribution in [0.2, 0.25) is 0 Å². The highest BCUT2D eigenvalue weighted by Crippen LogP contribution is 2.55. The van der Waals surface area contributed by atoms with Gasteiger partial charge in [-0.05, 0) is 53.1 Å². The number of ether oxygens (including phenoxy) is 6. The van der Waals surface area contributed by atoms with Gasteiger partial charge in [0.05, 0.1) is 46.7 Å². The lowest BCUT2D eigenvalue weighted by Crippen LogP contribution is -2.40. The molecule has 1 saturated heterocycles. The fraction of sp³-hybridized carbons (Fsp3) is 0.370. The van der Waals surface area contributed by atoms with E-state index in [4.69, 9.17) is 32.8 Å². The van der Waals surface area contributed by atoms with Crippen molar-refractivity contribution in [3.63, 3.8) is 0 Å². The number of rotatable bonds is 7. The molecule has 3 heterocycles. The van der Waals surface area contributed by atoms with Crippen molar-refractivity contribution in [3.8, 4) is 28.7 Å². The smallest absolute Gasteiger partial charge is 0.310 e. The van der Waals surface area contributed by atoms with Crippen molar-refractivity contribution >= 4 is 5.97 Å². The number of hydrogen-bond donors (Lipinski definition) is 1. The number of fused-ring (bicyclic) bond motifs is 3. The first-order chi connectivity index (χ1) is 17.6. The molecule has 4 atom stereocenters. The minimum absolute atomic E-state index is 0.107. The van der Waals surface area contributed by atoms with Gasteiger partial charge in [0.2, 0.25) is 12.5 Å². The number of carbonyl (C=O) groups excluding carboxylic acids is 1. The third-order valence-electron chi connectivity index (χ3n) is 7.31. The van der Waals surface area contributed by atoms with Crippen LogP contribution in [0.4, 0.5) is 0 Å². The Kier molecular flexibility index (Phi) is 5.64. The minimum atomic E-state index is -0.422. The summed E-state index contributed by atoms with van der Waals surface area (Å²) in [7, 11) is 4.72. The molecule has 0 spiro atoms. The van der Waals surface area contributed by atoms with E-state index in [1.54, 1.807) is 27.6 Å². The van der Waals surface area contributed by atoms with Gasteiger partial charge in [0.1, 0.15) is 5.76 Å². The van der Waals surface area contributed by atoms with Crippen molar-refractivity contribution in [3.05, 3.63) is 65.1 Å². The normalized spacial score (nSPS) is 23.6. The molecule has 36 heavy (non-hydrogen) atoms. The molecule has 2 aliphatic heterocycles. The van der Waals surface area contributed by atoms with Gasteiger partial charge in [-0.2, -0.15) is 0 Å². The second-order valence-electron chi connectivity index (χ2n) is 9.03. The molecule has 1 aromatic heterocycles. The van der Waals surface area contributed by atoms with Gasteiger partial charge in [-0.15, -0.1) is 0 Å². The molecular formula is C27H27NO8. The van der Waals surface area contributed by atoms with Crippen molar-refractivity contribution in [2.45, 2.75) is 18.5 Å². The van der Waals surface area contributed by atoms with Gasteiger partial charge < -0.3 is 38.2 Å². The van der Waals surface area contributed by atoms with Gasteiger partial charge in [0.25, 0.3) is 0 Å². The number of cyclic esters (lactones) is 1. The molecule has 1 fully saturated rings. The van der Waals surface area contributed by atoms with E-state index in [9.17, 15) is 4.79 Å². The number of hydrogen-bond acceptors (Lipinski definition) is 9. The van der Waals surface area contributed by atoms with E-state index < -0.39 is 5.92 Å². The van der Waals surface area contributed by atoms with Crippen LogP contribution in [0.25, 0.3) is 0 Å². The first kappa shape index (κ1) is 22.6. The van der Waals surface area contributed by atoms with E-state index >= 15 is 0 Å². The Morgan fingerprint density at radius 1 is 0.944 bits per heavy atom. The number of esters is 1. The maximum atomic E-state index is 13.2. The Balaban J connectivity index is 1.52. The molecular weight excluding hydrogens is 466 g/mol. The van der Waals surface area contributed by atoms with Crippen LogP contribution in [-0.4, -0.2) is 40.7 Å². The van der Waals surface area contributed by atoms with Crippen molar-refractivity contribution in [2.75, 3.05) is 34.7 Å². The zero-order chi connectivity index (χ0) is 24.8. The number of nitrogens with one attached hydrogen (secondary N) is 1. The van der Waals surface area contributed by atoms with Gasteiger partial charge in [-0.25, -0.2) is 0 Å². The summed E-state index contributed by atoms with van der Waals surface area (Å²) in [4.78, 5) is 13.2. The van der Waals surface area contributed by atoms with Gasteiger partial charge in [0, 0.05) is 17.9 Å². The average molecular weight is 494 g/mol. The fourth-order valence-electron chi connectivity index (χ4n) is 5.73. The van der Waals surface area contributed by atoms with Crippen LogP contribution in [0.1, 0.15) is 34.4 Å². The van der Waals surface area contributed by atoms with Crippen LogP contribution < -0.4 is 29.0 Å². The summed E-state index contributed by atoms with van der Waals surface area (Å²) in [5, 5.41) is 3.61. The summed E-state index contributed by atoms with van der Waals surface area (Å²) in [5.74, 6) is 2.62. The van der Waals surface area contributed by atoms with E-state index in [-0.39, 0.29) is 30.6 Å². The predicted octanol–water partition coefficient (Wildman–Crippen LogP) is 3.80. The molecule has 6 rings (SSSR count). The molecule has 0 unspecified atom stereocenters. The van der Waals surface area contributed by atoms with E-state index in [2.05, 4.69) is 5.32 Å². The lowest BCUT2D eigenvalue weighted by atomic mass is 9.65. The Morgan fingerprint density at radius 2 is 1.67 bits per heavy atom. The van der Waals surface area contributed by atoms with E-state index in [0.29, 0.717) is 41.9 Å². The highest BCUT2D eigenvalue weighted by Gasteiger charge is 2.52. The van der Waals surface area contributed by atoms with Crippen molar-refractivity contribution in [1.82, 2.24) is 5.32 Å². The summed E-state index contributed by atoms with van der Waals surface area (Å²) < 4.78 is 39.4. The topological polar surface area (TPSA) is 97.6 Å². The molecule has 3 aliphatic rings. The monoisotopic (exact) mass is 493 g/mol. The molecule has 2 aromatic carbocycles. The summed E-state index contributed by atoms with van der Waals surface area (Å²) in [6, 6.07) is 11.4. The fourth-order valence-corrected chi connectivity index (χ4v) is 5.73. The quantitative estimate of drug-likeness (QED) is 0.493. The first-order valence-electron chi connectivity index (χ1n) is 11.8. The second-order valence-corrected chi connectivity index (χ2v) is 9.03.